The molecule has 2 aromatic carbocycles. The van der Waals surface area contributed by atoms with Crippen LogP contribution < -0.4 is 0 Å². The van der Waals surface area contributed by atoms with Gasteiger partial charge in [0.2, 0.25) is 0 Å². The molecule has 102 valence electrons. The number of aromatic hydroxyl groups is 2. The number of carbonyl (C=O) groups excluding carboxylic acids is 1. The Hall–Kier alpha value is -2.33. The first-order valence-corrected chi connectivity index (χ1v) is 6.04. The molecule has 0 unspecified atom stereocenters. The van der Waals surface area contributed by atoms with Gasteiger partial charge in [-0.25, -0.2) is 4.39 Å². The van der Waals surface area contributed by atoms with Gasteiger partial charge in [-0.2, -0.15) is 0 Å². The highest BCUT2D eigenvalue weighted by molar-refractivity contribution is 6.32. The summed E-state index contributed by atoms with van der Waals surface area (Å²) in [6.07, 6.45) is 2.71. The van der Waals surface area contributed by atoms with Gasteiger partial charge in [-0.1, -0.05) is 17.7 Å². The third-order valence-electron chi connectivity index (χ3n) is 2.62. The molecule has 3 nitrogen and oxygen atoms in total. The van der Waals surface area contributed by atoms with Crippen LogP contribution in [0.5, 0.6) is 11.5 Å². The summed E-state index contributed by atoms with van der Waals surface area (Å²) in [6, 6.07) is 7.84. The maximum atomic E-state index is 12.7. The number of hydrogen-bond donors (Lipinski definition) is 2. The molecule has 20 heavy (non-hydrogen) atoms. The molecule has 0 spiro atoms. The molecule has 0 aliphatic rings. The predicted molar refractivity (Wildman–Crippen MR) is 74.5 cm³/mol. The fourth-order valence-electron chi connectivity index (χ4n) is 1.58. The molecule has 0 fully saturated rings. The summed E-state index contributed by atoms with van der Waals surface area (Å²) in [7, 11) is 0. The average molecular weight is 293 g/mol. The SMILES string of the molecule is O=C(/C=C/c1cc(O)c(O)c(Cl)c1)c1ccc(F)cc1. The Kier molecular flexibility index (Phi) is 4.05. The van der Waals surface area contributed by atoms with Crippen LogP contribution >= 0.6 is 11.6 Å². The van der Waals surface area contributed by atoms with Crippen molar-refractivity contribution in [3.63, 3.8) is 0 Å². The summed E-state index contributed by atoms with van der Waals surface area (Å²) in [6.45, 7) is 0. The number of benzene rings is 2. The van der Waals surface area contributed by atoms with E-state index >= 15 is 0 Å². The van der Waals surface area contributed by atoms with Crippen molar-refractivity contribution in [2.45, 2.75) is 0 Å². The zero-order valence-electron chi connectivity index (χ0n) is 10.2. The van der Waals surface area contributed by atoms with Crippen LogP contribution in [0.15, 0.2) is 42.5 Å². The number of allylic oxidation sites excluding steroid dienone is 1. The molecule has 0 atom stereocenters. The van der Waals surface area contributed by atoms with E-state index in [2.05, 4.69) is 0 Å². The molecule has 0 aromatic heterocycles. The maximum absolute atomic E-state index is 12.7. The third kappa shape index (κ3) is 3.16. The van der Waals surface area contributed by atoms with Gasteiger partial charge in [0.15, 0.2) is 17.3 Å². The Morgan fingerprint density at radius 1 is 1.15 bits per heavy atom. The third-order valence-corrected chi connectivity index (χ3v) is 2.91. The minimum atomic E-state index is -0.416. The minimum Gasteiger partial charge on any atom is -0.504 e. The Bertz CT molecular complexity index is 655. The van der Waals surface area contributed by atoms with Gasteiger partial charge >= 0.3 is 0 Å². The normalized spacial score (nSPS) is 10.9. The van der Waals surface area contributed by atoms with Crippen molar-refractivity contribution in [3.8, 4) is 11.5 Å². The molecule has 2 N–H and O–H groups in total. The number of ketones is 1. The second-order valence-electron chi connectivity index (χ2n) is 4.07. The molecule has 0 saturated heterocycles. The van der Waals surface area contributed by atoms with Crippen LogP contribution in [-0.2, 0) is 0 Å². The minimum absolute atomic E-state index is 0.0149. The highest BCUT2D eigenvalue weighted by Gasteiger charge is 2.06. The Balaban J connectivity index is 2.21. The molecule has 0 aliphatic carbocycles. The van der Waals surface area contributed by atoms with Crippen molar-refractivity contribution >= 4 is 23.5 Å². The number of halogens is 2. The lowest BCUT2D eigenvalue weighted by molar-refractivity contribution is 0.104. The molecule has 0 bridgehead atoms. The predicted octanol–water partition coefficient (Wildman–Crippen LogP) is 3.79. The molecule has 0 aliphatic heterocycles. The molecule has 5 heteroatoms. The van der Waals surface area contributed by atoms with E-state index in [0.29, 0.717) is 11.1 Å². The second kappa shape index (κ2) is 5.75. The molecule has 0 radical (unpaired) electrons. The van der Waals surface area contributed by atoms with Gasteiger partial charge in [0.1, 0.15) is 5.82 Å². The van der Waals surface area contributed by atoms with Crippen LogP contribution in [0.2, 0.25) is 5.02 Å². The summed E-state index contributed by atoms with van der Waals surface area (Å²) in [5.74, 6) is -1.51. The molecule has 0 heterocycles. The van der Waals surface area contributed by atoms with Crippen LogP contribution in [0.3, 0.4) is 0 Å². The number of rotatable bonds is 3. The number of hydrogen-bond acceptors (Lipinski definition) is 3. The molecule has 0 saturated carbocycles. The lowest BCUT2D eigenvalue weighted by Crippen LogP contribution is -1.93. The topological polar surface area (TPSA) is 57.5 Å². The zero-order valence-corrected chi connectivity index (χ0v) is 10.9. The first-order chi connectivity index (χ1) is 9.47. The fraction of sp³-hybridized carbons (Fsp3) is 0. The number of phenols is 2. The quantitative estimate of drug-likeness (QED) is 0.514. The van der Waals surface area contributed by atoms with Crippen molar-refractivity contribution in [1.29, 1.82) is 0 Å². The van der Waals surface area contributed by atoms with Crippen molar-refractivity contribution in [2.24, 2.45) is 0 Å². The van der Waals surface area contributed by atoms with Gasteiger partial charge in [0, 0.05) is 5.56 Å². The van der Waals surface area contributed by atoms with Gasteiger partial charge < -0.3 is 10.2 Å². The van der Waals surface area contributed by atoms with Gasteiger partial charge in [0.25, 0.3) is 0 Å². The van der Waals surface area contributed by atoms with E-state index < -0.39 is 11.6 Å². The molecule has 2 rings (SSSR count). The van der Waals surface area contributed by atoms with Crippen LogP contribution in [-0.4, -0.2) is 16.0 Å². The Morgan fingerprint density at radius 2 is 1.80 bits per heavy atom. The van der Waals surface area contributed by atoms with Gasteiger partial charge in [-0.3, -0.25) is 4.79 Å². The van der Waals surface area contributed by atoms with Crippen LogP contribution in [0, 0.1) is 5.82 Å². The maximum Gasteiger partial charge on any atom is 0.185 e. The summed E-state index contributed by atoms with van der Waals surface area (Å²) in [5.41, 5.74) is 0.803. The Labute approximate surface area is 119 Å². The molecule has 2 aromatic rings. The fourth-order valence-corrected chi connectivity index (χ4v) is 1.81. The van der Waals surface area contributed by atoms with E-state index in [1.165, 1.54) is 48.6 Å². The van der Waals surface area contributed by atoms with E-state index in [1.807, 2.05) is 0 Å². The lowest BCUT2D eigenvalue weighted by atomic mass is 10.1. The number of phenolic OH excluding ortho intramolecular Hbond substituents is 2. The van der Waals surface area contributed by atoms with Crippen molar-refractivity contribution < 1.29 is 19.4 Å². The standard InChI is InChI=1S/C15H10ClFO3/c16-12-7-9(8-14(19)15(12)20)1-6-13(18)10-2-4-11(17)5-3-10/h1-8,19-20H/b6-1+. The van der Waals surface area contributed by atoms with Gasteiger partial charge in [-0.05, 0) is 48.0 Å². The van der Waals surface area contributed by atoms with E-state index in [-0.39, 0.29) is 16.6 Å². The first-order valence-electron chi connectivity index (χ1n) is 5.67. The summed E-state index contributed by atoms with van der Waals surface area (Å²) in [5, 5.41) is 18.7. The van der Waals surface area contributed by atoms with Gasteiger partial charge in [-0.15, -0.1) is 0 Å². The smallest absolute Gasteiger partial charge is 0.185 e. The van der Waals surface area contributed by atoms with Crippen molar-refractivity contribution in [2.75, 3.05) is 0 Å². The van der Waals surface area contributed by atoms with Crippen molar-refractivity contribution in [3.05, 3.63) is 64.4 Å². The van der Waals surface area contributed by atoms with Crippen molar-refractivity contribution in [1.82, 2.24) is 0 Å². The van der Waals surface area contributed by atoms with E-state index in [9.17, 15) is 19.4 Å². The van der Waals surface area contributed by atoms with Crippen LogP contribution in [0.25, 0.3) is 6.08 Å². The van der Waals surface area contributed by atoms with Gasteiger partial charge in [0.05, 0.1) is 5.02 Å². The largest absolute Gasteiger partial charge is 0.504 e. The van der Waals surface area contributed by atoms with Crippen LogP contribution in [0.4, 0.5) is 4.39 Å². The van der Waals surface area contributed by atoms with E-state index in [1.54, 1.807) is 0 Å². The summed E-state index contributed by atoms with van der Waals surface area (Å²) in [4.78, 5) is 11.8. The Morgan fingerprint density at radius 3 is 2.40 bits per heavy atom. The zero-order chi connectivity index (χ0) is 14.7. The molecule has 0 amide bonds. The summed E-state index contributed by atoms with van der Waals surface area (Å²) < 4.78 is 12.7. The highest BCUT2D eigenvalue weighted by atomic mass is 35.5. The van der Waals surface area contributed by atoms with E-state index in [4.69, 9.17) is 11.6 Å². The average Bonchev–Trinajstić information content (AvgIpc) is 2.42. The van der Waals surface area contributed by atoms with E-state index in [0.717, 1.165) is 0 Å². The number of carbonyl (C=O) groups is 1. The monoisotopic (exact) mass is 292 g/mol. The lowest BCUT2D eigenvalue weighted by Gasteiger charge is -2.02. The second-order valence-corrected chi connectivity index (χ2v) is 4.48. The molecular formula is C15H10ClFO3. The highest BCUT2D eigenvalue weighted by Crippen LogP contribution is 2.34. The van der Waals surface area contributed by atoms with Crippen LogP contribution in [0.1, 0.15) is 15.9 Å². The first kappa shape index (κ1) is 14.1. The summed E-state index contributed by atoms with van der Waals surface area (Å²) >= 11 is 5.70. The molecular weight excluding hydrogens is 283 g/mol.